The lowest BCUT2D eigenvalue weighted by Crippen LogP contribution is -2.16. The van der Waals surface area contributed by atoms with Gasteiger partial charge in [0.2, 0.25) is 0 Å². The van der Waals surface area contributed by atoms with Crippen LogP contribution in [0.25, 0.3) is 0 Å². The second-order valence-electron chi connectivity index (χ2n) is 8.12. The van der Waals surface area contributed by atoms with Crippen molar-refractivity contribution in [3.05, 3.63) is 33.9 Å². The first-order chi connectivity index (χ1) is 11.1. The van der Waals surface area contributed by atoms with Crippen LogP contribution in [0.1, 0.15) is 89.0 Å². The summed E-state index contributed by atoms with van der Waals surface area (Å²) in [5.74, 6) is 0.673. The molecule has 0 fully saturated rings. The summed E-state index contributed by atoms with van der Waals surface area (Å²) in [6.07, 6.45) is 9.07. The van der Waals surface area contributed by atoms with E-state index < -0.39 is 0 Å². The monoisotopic (exact) mass is 332 g/mol. The molecule has 0 aliphatic carbocycles. The summed E-state index contributed by atoms with van der Waals surface area (Å²) < 4.78 is 0. The third kappa shape index (κ3) is 5.03. The molecule has 1 rings (SSSR count). The Kier molecular flexibility index (Phi) is 7.38. The average molecular weight is 333 g/mol. The molecule has 2 nitrogen and oxygen atoms in total. The molecule has 0 atom stereocenters. The highest BCUT2D eigenvalue weighted by Crippen LogP contribution is 2.43. The minimum atomic E-state index is -0.210. The van der Waals surface area contributed by atoms with Crippen molar-refractivity contribution in [2.45, 2.75) is 92.4 Å². The van der Waals surface area contributed by atoms with E-state index in [2.05, 4.69) is 40.7 Å². The van der Waals surface area contributed by atoms with Gasteiger partial charge in [-0.1, -0.05) is 58.6 Å². The van der Waals surface area contributed by atoms with Crippen molar-refractivity contribution in [3.8, 4) is 11.5 Å². The molecule has 0 aromatic heterocycles. The van der Waals surface area contributed by atoms with Crippen LogP contribution in [0.2, 0.25) is 0 Å². The smallest absolute Gasteiger partial charge is 0.123 e. The molecular formula is C22H36O2. The number of benzene rings is 1. The Balaban J connectivity index is 3.11. The summed E-state index contributed by atoms with van der Waals surface area (Å²) in [7, 11) is 0. The van der Waals surface area contributed by atoms with Crippen LogP contribution in [0.3, 0.4) is 0 Å². The molecule has 0 heterocycles. The summed E-state index contributed by atoms with van der Waals surface area (Å²) in [6.45, 7) is 14.4. The Morgan fingerprint density at radius 2 is 1.54 bits per heavy atom. The van der Waals surface area contributed by atoms with Crippen molar-refractivity contribution in [1.82, 2.24) is 0 Å². The maximum Gasteiger partial charge on any atom is 0.123 e. The van der Waals surface area contributed by atoms with Crippen LogP contribution < -0.4 is 0 Å². The molecule has 0 saturated heterocycles. The van der Waals surface area contributed by atoms with E-state index in [0.29, 0.717) is 17.9 Å². The van der Waals surface area contributed by atoms with E-state index in [4.69, 9.17) is 0 Å². The number of aromatic hydroxyl groups is 2. The van der Waals surface area contributed by atoms with Crippen molar-refractivity contribution >= 4 is 0 Å². The molecule has 0 saturated carbocycles. The summed E-state index contributed by atoms with van der Waals surface area (Å²) in [5, 5.41) is 21.3. The van der Waals surface area contributed by atoms with Gasteiger partial charge in [-0.2, -0.15) is 0 Å². The molecule has 2 heteroatoms. The summed E-state index contributed by atoms with van der Waals surface area (Å²) in [5.41, 5.74) is 4.46. The van der Waals surface area contributed by atoms with Crippen LogP contribution >= 0.6 is 0 Å². The summed E-state index contributed by atoms with van der Waals surface area (Å²) >= 11 is 0. The molecule has 1 aromatic rings. The fourth-order valence-corrected chi connectivity index (χ4v) is 3.25. The lowest BCUT2D eigenvalue weighted by molar-refractivity contribution is 0.423. The molecule has 1 aromatic carbocycles. The molecule has 0 aliphatic heterocycles. The van der Waals surface area contributed by atoms with Crippen LogP contribution in [-0.4, -0.2) is 10.2 Å². The van der Waals surface area contributed by atoms with Gasteiger partial charge in [-0.15, -0.1) is 0 Å². The van der Waals surface area contributed by atoms with E-state index in [0.717, 1.165) is 28.7 Å². The van der Waals surface area contributed by atoms with E-state index in [1.807, 2.05) is 13.8 Å². The van der Waals surface area contributed by atoms with E-state index in [1.165, 1.54) is 31.3 Å². The molecule has 136 valence electrons. The average Bonchev–Trinajstić information content (AvgIpc) is 2.50. The zero-order valence-corrected chi connectivity index (χ0v) is 16.7. The third-order valence-electron chi connectivity index (χ3n) is 4.93. The van der Waals surface area contributed by atoms with Crippen molar-refractivity contribution in [2.24, 2.45) is 0 Å². The molecule has 24 heavy (non-hydrogen) atoms. The van der Waals surface area contributed by atoms with Gasteiger partial charge in [0.1, 0.15) is 11.5 Å². The Hall–Kier alpha value is -1.44. The highest BCUT2D eigenvalue weighted by molar-refractivity contribution is 5.60. The van der Waals surface area contributed by atoms with Crippen molar-refractivity contribution in [1.29, 1.82) is 0 Å². The van der Waals surface area contributed by atoms with E-state index >= 15 is 0 Å². The lowest BCUT2D eigenvalue weighted by Gasteiger charge is -2.27. The van der Waals surface area contributed by atoms with Gasteiger partial charge in [0.25, 0.3) is 0 Å². The molecule has 0 radical (unpaired) electrons. The molecule has 0 aliphatic rings. The molecule has 0 unspecified atom stereocenters. The van der Waals surface area contributed by atoms with Crippen LogP contribution in [0, 0.1) is 13.8 Å². The largest absolute Gasteiger partial charge is 0.507 e. The second kappa shape index (κ2) is 8.60. The van der Waals surface area contributed by atoms with E-state index in [-0.39, 0.29) is 5.41 Å². The molecule has 0 spiro atoms. The van der Waals surface area contributed by atoms with E-state index in [1.54, 1.807) is 0 Å². The Morgan fingerprint density at radius 3 is 2.08 bits per heavy atom. The number of rotatable bonds is 7. The summed E-state index contributed by atoms with van der Waals surface area (Å²) in [6, 6.07) is 0. The van der Waals surface area contributed by atoms with Gasteiger partial charge in [-0.3, -0.25) is 0 Å². The second-order valence-corrected chi connectivity index (χ2v) is 8.12. The minimum absolute atomic E-state index is 0.210. The van der Waals surface area contributed by atoms with Gasteiger partial charge in [-0.05, 0) is 56.6 Å². The number of allylic oxidation sites excluding steroid dienone is 2. The van der Waals surface area contributed by atoms with Crippen LogP contribution in [0.5, 0.6) is 11.5 Å². The quantitative estimate of drug-likeness (QED) is 0.341. The fourth-order valence-electron chi connectivity index (χ4n) is 3.25. The zero-order valence-electron chi connectivity index (χ0n) is 16.7. The Bertz CT molecular complexity index is 589. The van der Waals surface area contributed by atoms with Crippen molar-refractivity contribution in [2.75, 3.05) is 0 Å². The minimum Gasteiger partial charge on any atom is -0.507 e. The van der Waals surface area contributed by atoms with Crippen LogP contribution in [-0.2, 0) is 11.8 Å². The van der Waals surface area contributed by atoms with E-state index in [9.17, 15) is 10.2 Å². The predicted molar refractivity (Wildman–Crippen MR) is 104 cm³/mol. The highest BCUT2D eigenvalue weighted by Gasteiger charge is 2.27. The number of unbranched alkanes of at least 4 members (excludes halogenated alkanes) is 3. The normalized spacial score (nSPS) is 12.7. The third-order valence-corrected chi connectivity index (χ3v) is 4.93. The molecule has 2 N–H and O–H groups in total. The SMILES string of the molecule is CCCCCCC(C)=CCc1c(O)c(C)c(C)c(O)c1C(C)(C)C. The Morgan fingerprint density at radius 1 is 0.958 bits per heavy atom. The Labute approximate surface area is 148 Å². The molecular weight excluding hydrogens is 296 g/mol. The number of hydrogen-bond acceptors (Lipinski definition) is 2. The summed E-state index contributed by atoms with van der Waals surface area (Å²) in [4.78, 5) is 0. The maximum absolute atomic E-state index is 10.7. The highest BCUT2D eigenvalue weighted by atomic mass is 16.3. The van der Waals surface area contributed by atoms with Gasteiger partial charge >= 0.3 is 0 Å². The van der Waals surface area contributed by atoms with Crippen molar-refractivity contribution < 1.29 is 10.2 Å². The zero-order chi connectivity index (χ0) is 18.5. The molecule has 0 amide bonds. The predicted octanol–water partition coefficient (Wildman–Crippen LogP) is 6.47. The first-order valence-corrected chi connectivity index (χ1v) is 9.31. The number of phenols is 2. The first-order valence-electron chi connectivity index (χ1n) is 9.31. The van der Waals surface area contributed by atoms with Crippen molar-refractivity contribution in [3.63, 3.8) is 0 Å². The number of hydrogen-bond donors (Lipinski definition) is 2. The van der Waals surface area contributed by atoms with Gasteiger partial charge in [0.05, 0.1) is 0 Å². The lowest BCUT2D eigenvalue weighted by atomic mass is 9.79. The number of phenolic OH excluding ortho intramolecular Hbond substituents is 2. The van der Waals surface area contributed by atoms with Crippen LogP contribution in [0.4, 0.5) is 0 Å². The van der Waals surface area contributed by atoms with Gasteiger partial charge in [0.15, 0.2) is 0 Å². The van der Waals surface area contributed by atoms with Crippen LogP contribution in [0.15, 0.2) is 11.6 Å². The first kappa shape index (κ1) is 20.6. The fraction of sp³-hybridized carbons (Fsp3) is 0.636. The van der Waals surface area contributed by atoms with Gasteiger partial charge in [0, 0.05) is 11.1 Å². The van der Waals surface area contributed by atoms with Gasteiger partial charge < -0.3 is 10.2 Å². The topological polar surface area (TPSA) is 40.5 Å². The maximum atomic E-state index is 10.7. The van der Waals surface area contributed by atoms with Gasteiger partial charge in [-0.25, -0.2) is 0 Å². The standard InChI is InChI=1S/C22H36O2/c1-8-9-10-11-12-15(2)13-14-18-19(22(5,6)7)21(24)17(4)16(3)20(18)23/h13,23-24H,8-12,14H2,1-7H3. The molecule has 0 bridgehead atoms.